The number of benzene rings is 1. The van der Waals surface area contributed by atoms with E-state index >= 15 is 0 Å². The van der Waals surface area contributed by atoms with E-state index in [1.165, 1.54) is 10.6 Å². The third kappa shape index (κ3) is 5.75. The predicted octanol–water partition coefficient (Wildman–Crippen LogP) is 4.28. The van der Waals surface area contributed by atoms with Crippen molar-refractivity contribution in [3.05, 3.63) is 66.1 Å². The molecule has 0 spiro atoms. The van der Waals surface area contributed by atoms with Crippen LogP contribution in [0, 0.1) is 0 Å². The van der Waals surface area contributed by atoms with Crippen LogP contribution >= 0.6 is 35.3 Å². The van der Waals surface area contributed by atoms with Crippen molar-refractivity contribution in [2.45, 2.75) is 32.4 Å². The average molecular weight is 536 g/mol. The van der Waals surface area contributed by atoms with E-state index in [9.17, 15) is 0 Å². The van der Waals surface area contributed by atoms with E-state index in [4.69, 9.17) is 4.99 Å². The van der Waals surface area contributed by atoms with Gasteiger partial charge in [-0.25, -0.2) is 9.98 Å². The molecule has 3 aromatic rings. The Morgan fingerprint density at radius 3 is 2.73 bits per heavy atom. The van der Waals surface area contributed by atoms with Crippen molar-refractivity contribution in [3.63, 3.8) is 0 Å². The zero-order valence-corrected chi connectivity index (χ0v) is 20.3. The number of anilines is 1. The molecule has 4 rings (SSSR count). The fraction of sp³-hybridized carbons (Fsp3) is 0.364. The van der Waals surface area contributed by atoms with Gasteiger partial charge in [0.1, 0.15) is 0 Å². The molecule has 6 nitrogen and oxygen atoms in total. The maximum Gasteiger partial charge on any atom is 0.191 e. The largest absolute Gasteiger partial charge is 0.363 e. The first-order valence-corrected chi connectivity index (χ1v) is 11.1. The molecule has 1 fully saturated rings. The molecule has 0 bridgehead atoms. The number of thiophene rings is 1. The molecule has 3 heterocycles. The van der Waals surface area contributed by atoms with Crippen LogP contribution in [-0.4, -0.2) is 41.2 Å². The molecule has 0 radical (unpaired) electrons. The zero-order chi connectivity index (χ0) is 19.9. The third-order valence-corrected chi connectivity index (χ3v) is 6.11. The van der Waals surface area contributed by atoms with Crippen LogP contribution in [0.4, 0.5) is 5.00 Å². The first-order valence-electron chi connectivity index (χ1n) is 10.2. The molecule has 0 aliphatic carbocycles. The Kier molecular flexibility index (Phi) is 8.56. The van der Waals surface area contributed by atoms with Crippen LogP contribution in [0.25, 0.3) is 5.69 Å². The minimum absolute atomic E-state index is 0. The number of imidazole rings is 1. The van der Waals surface area contributed by atoms with Gasteiger partial charge in [0.15, 0.2) is 5.96 Å². The van der Waals surface area contributed by atoms with E-state index in [1.54, 1.807) is 6.20 Å². The van der Waals surface area contributed by atoms with Gasteiger partial charge in [-0.1, -0.05) is 18.2 Å². The molecule has 30 heavy (non-hydrogen) atoms. The Labute approximate surface area is 199 Å². The number of nitrogens with one attached hydrogen (secondary N) is 2. The molecule has 8 heteroatoms. The number of hydrogen-bond acceptors (Lipinski definition) is 4. The minimum atomic E-state index is 0. The highest BCUT2D eigenvalue weighted by atomic mass is 127. The summed E-state index contributed by atoms with van der Waals surface area (Å²) < 4.78 is 2.03. The second kappa shape index (κ2) is 11.4. The van der Waals surface area contributed by atoms with Crippen LogP contribution in [0.3, 0.4) is 0 Å². The van der Waals surface area contributed by atoms with Crippen molar-refractivity contribution in [2.75, 3.05) is 24.5 Å². The second-order valence-corrected chi connectivity index (χ2v) is 8.08. The number of piperidine rings is 1. The molecule has 160 valence electrons. The number of nitrogens with zero attached hydrogens (tertiary/aromatic N) is 4. The van der Waals surface area contributed by atoms with Gasteiger partial charge in [0, 0.05) is 38.1 Å². The molecule has 0 unspecified atom stereocenters. The molecular formula is C22H29IN6S. The van der Waals surface area contributed by atoms with E-state index in [0.29, 0.717) is 12.6 Å². The lowest BCUT2D eigenvalue weighted by Gasteiger charge is -2.33. The Hall–Kier alpha value is -2.07. The van der Waals surface area contributed by atoms with Crippen molar-refractivity contribution in [1.82, 2.24) is 20.2 Å². The maximum absolute atomic E-state index is 4.87. The summed E-state index contributed by atoms with van der Waals surface area (Å²) in [6, 6.07) is 13.1. The molecule has 1 aliphatic rings. The van der Waals surface area contributed by atoms with E-state index in [2.05, 4.69) is 63.2 Å². The fourth-order valence-electron chi connectivity index (χ4n) is 3.67. The minimum Gasteiger partial charge on any atom is -0.363 e. The van der Waals surface area contributed by atoms with Crippen molar-refractivity contribution >= 4 is 46.3 Å². The second-order valence-electron chi connectivity index (χ2n) is 7.15. The molecule has 2 aromatic heterocycles. The van der Waals surface area contributed by atoms with Crippen LogP contribution < -0.4 is 15.5 Å². The van der Waals surface area contributed by atoms with Crippen molar-refractivity contribution in [1.29, 1.82) is 0 Å². The Morgan fingerprint density at radius 2 is 2.03 bits per heavy atom. The highest BCUT2D eigenvalue weighted by Crippen LogP contribution is 2.24. The summed E-state index contributed by atoms with van der Waals surface area (Å²) in [5.74, 6) is 0.891. The summed E-state index contributed by atoms with van der Waals surface area (Å²) in [6.07, 6.45) is 7.83. The summed E-state index contributed by atoms with van der Waals surface area (Å²) in [4.78, 5) is 11.5. The maximum atomic E-state index is 4.87. The highest BCUT2D eigenvalue weighted by molar-refractivity contribution is 14.0. The summed E-state index contributed by atoms with van der Waals surface area (Å²) in [6.45, 7) is 5.75. The van der Waals surface area contributed by atoms with Crippen LogP contribution in [0.5, 0.6) is 0 Å². The first kappa shape index (κ1) is 22.6. The number of guanidine groups is 1. The normalized spacial score (nSPS) is 15.0. The van der Waals surface area contributed by atoms with E-state index in [-0.39, 0.29) is 24.0 Å². The van der Waals surface area contributed by atoms with Crippen LogP contribution in [-0.2, 0) is 6.54 Å². The van der Waals surface area contributed by atoms with Gasteiger partial charge in [-0.05, 0) is 48.9 Å². The van der Waals surface area contributed by atoms with Crippen LogP contribution in [0.15, 0.2) is 65.5 Å². The molecule has 0 saturated carbocycles. The van der Waals surface area contributed by atoms with Crippen LogP contribution in [0.1, 0.15) is 25.3 Å². The lowest BCUT2D eigenvalue weighted by molar-refractivity contribution is 0.463. The molecule has 2 N–H and O–H groups in total. The Balaban J connectivity index is 0.00000256. The summed E-state index contributed by atoms with van der Waals surface area (Å²) >= 11 is 1.82. The molecular weight excluding hydrogens is 507 g/mol. The number of hydrogen-bond donors (Lipinski definition) is 2. The topological polar surface area (TPSA) is 57.5 Å². The van der Waals surface area contributed by atoms with E-state index < -0.39 is 0 Å². The van der Waals surface area contributed by atoms with Gasteiger partial charge < -0.3 is 20.1 Å². The lowest BCUT2D eigenvalue weighted by atomic mass is 10.1. The lowest BCUT2D eigenvalue weighted by Crippen LogP contribution is -2.48. The smallest absolute Gasteiger partial charge is 0.191 e. The quantitative estimate of drug-likeness (QED) is 0.281. The third-order valence-electron chi connectivity index (χ3n) is 5.18. The summed E-state index contributed by atoms with van der Waals surface area (Å²) in [5.41, 5.74) is 2.30. The van der Waals surface area contributed by atoms with Crippen molar-refractivity contribution in [2.24, 2.45) is 4.99 Å². The summed E-state index contributed by atoms with van der Waals surface area (Å²) in [5, 5.41) is 10.6. The Morgan fingerprint density at radius 1 is 1.20 bits per heavy atom. The monoisotopic (exact) mass is 536 g/mol. The molecule has 0 atom stereocenters. The zero-order valence-electron chi connectivity index (χ0n) is 17.2. The molecule has 0 amide bonds. The van der Waals surface area contributed by atoms with Gasteiger partial charge in [-0.2, -0.15) is 0 Å². The number of aliphatic imine (C=N–C) groups is 1. The number of rotatable bonds is 6. The van der Waals surface area contributed by atoms with Gasteiger partial charge >= 0.3 is 0 Å². The van der Waals surface area contributed by atoms with Gasteiger partial charge in [0.2, 0.25) is 0 Å². The standard InChI is InChI=1S/C22H28N6S.HI/c1-2-24-22(26-19-9-12-27(13-10-19)21-8-5-15-29-21)25-16-18-6-3-4-7-20(18)28-14-11-23-17-28;/h3-8,11,14-15,17,19H,2,9-10,12-13,16H2,1H3,(H2,24,25,26);1H. The van der Waals surface area contributed by atoms with Gasteiger partial charge in [0.25, 0.3) is 0 Å². The van der Waals surface area contributed by atoms with Gasteiger partial charge in [-0.3, -0.25) is 0 Å². The SMILES string of the molecule is CCNC(=NCc1ccccc1-n1ccnc1)NC1CCN(c2cccs2)CC1.I. The van der Waals surface area contributed by atoms with Gasteiger partial charge in [-0.15, -0.1) is 35.3 Å². The number of para-hydroxylation sites is 1. The van der Waals surface area contributed by atoms with Crippen molar-refractivity contribution in [3.8, 4) is 5.69 Å². The fourth-order valence-corrected chi connectivity index (χ4v) is 4.46. The Bertz CT molecular complexity index is 902. The van der Waals surface area contributed by atoms with Crippen LogP contribution in [0.2, 0.25) is 0 Å². The average Bonchev–Trinajstić information content (AvgIpc) is 3.47. The number of halogens is 1. The highest BCUT2D eigenvalue weighted by Gasteiger charge is 2.20. The van der Waals surface area contributed by atoms with Crippen molar-refractivity contribution < 1.29 is 0 Å². The summed E-state index contributed by atoms with van der Waals surface area (Å²) in [7, 11) is 0. The van der Waals surface area contributed by atoms with E-state index in [1.807, 2.05) is 34.5 Å². The van der Waals surface area contributed by atoms with E-state index in [0.717, 1.165) is 44.1 Å². The molecule has 1 aliphatic heterocycles. The first-order chi connectivity index (χ1) is 14.3. The molecule has 1 saturated heterocycles. The predicted molar refractivity (Wildman–Crippen MR) is 136 cm³/mol. The van der Waals surface area contributed by atoms with Gasteiger partial charge in [0.05, 0.1) is 23.6 Å². The molecule has 1 aromatic carbocycles. The number of aromatic nitrogens is 2.